The number of thiophene rings is 1. The molecule has 0 aliphatic carbocycles. The molecule has 46 heavy (non-hydrogen) atoms. The van der Waals surface area contributed by atoms with Crippen LogP contribution in [0.3, 0.4) is 0 Å². The second-order valence-corrected chi connectivity index (χ2v) is 10.9. The van der Waals surface area contributed by atoms with E-state index in [9.17, 15) is 0 Å². The maximum Gasteiger partial charge on any atom is 0.108 e. The van der Waals surface area contributed by atoms with Gasteiger partial charge in [0.1, 0.15) is 5.00 Å². The van der Waals surface area contributed by atoms with Gasteiger partial charge in [0, 0.05) is 27.5 Å². The van der Waals surface area contributed by atoms with Gasteiger partial charge in [-0.25, -0.2) is 0 Å². The van der Waals surface area contributed by atoms with Crippen molar-refractivity contribution in [3.8, 4) is 6.07 Å². The minimum Gasteiger partial charge on any atom is -0.308 e. The first-order valence-corrected chi connectivity index (χ1v) is 16.1. The van der Waals surface area contributed by atoms with E-state index in [2.05, 4.69) is 139 Å². The molecule has 0 radical (unpaired) electrons. The van der Waals surface area contributed by atoms with E-state index in [1.165, 1.54) is 31.8 Å². The molecule has 0 bridgehead atoms. The van der Waals surface area contributed by atoms with E-state index in [1.54, 1.807) is 24.5 Å². The van der Waals surface area contributed by atoms with Gasteiger partial charge in [-0.15, -0.1) is 11.3 Å². The van der Waals surface area contributed by atoms with E-state index >= 15 is 0 Å². The first-order valence-electron chi connectivity index (χ1n) is 15.3. The number of hydrazine groups is 1. The van der Waals surface area contributed by atoms with E-state index in [0.29, 0.717) is 6.42 Å². The molecule has 3 aromatic carbocycles. The number of fused-ring (bicyclic) bond motifs is 3. The molecular formula is C41H46N4S. The molecule has 2 heterocycles. The molecule has 1 aromatic heterocycles. The molecular weight excluding hydrogens is 581 g/mol. The maximum absolute atomic E-state index is 8.08. The van der Waals surface area contributed by atoms with Gasteiger partial charge >= 0.3 is 0 Å². The summed E-state index contributed by atoms with van der Waals surface area (Å²) in [5.41, 5.74) is 10.1. The second-order valence-electron chi connectivity index (χ2n) is 9.90. The summed E-state index contributed by atoms with van der Waals surface area (Å²) in [5, 5.41) is 10.5. The Morgan fingerprint density at radius 2 is 1.50 bits per heavy atom. The number of nitrogens with one attached hydrogen (secondary N) is 1. The lowest BCUT2D eigenvalue weighted by Gasteiger charge is -2.20. The largest absolute Gasteiger partial charge is 0.308 e. The van der Waals surface area contributed by atoms with Crippen LogP contribution in [0.25, 0.3) is 16.2 Å². The predicted octanol–water partition coefficient (Wildman–Crippen LogP) is 11.0. The Morgan fingerprint density at radius 1 is 0.891 bits per heavy atom. The Kier molecular flexibility index (Phi) is 16.9. The third-order valence-electron chi connectivity index (χ3n) is 6.64. The molecule has 0 atom stereocenters. The smallest absolute Gasteiger partial charge is 0.108 e. The molecule has 236 valence electrons. The topological polar surface area (TPSA) is 65.1 Å². The summed E-state index contributed by atoms with van der Waals surface area (Å²) in [6, 6.07) is 30.1. The molecule has 4 aromatic rings. The molecule has 0 saturated heterocycles. The fraction of sp³-hybridized carbons (Fsp3) is 0.146. The molecule has 1 aliphatic heterocycles. The van der Waals surface area contributed by atoms with Gasteiger partial charge in [0.05, 0.1) is 12.5 Å². The average molecular weight is 627 g/mol. The van der Waals surface area contributed by atoms with Gasteiger partial charge in [-0.2, -0.15) is 5.26 Å². The summed E-state index contributed by atoms with van der Waals surface area (Å²) in [4.78, 5) is 2.28. The lowest BCUT2D eigenvalue weighted by atomic mass is 10.0. The molecule has 3 N–H and O–H groups in total. The van der Waals surface area contributed by atoms with Crippen molar-refractivity contribution in [2.45, 2.75) is 33.6 Å². The predicted molar refractivity (Wildman–Crippen MR) is 204 cm³/mol. The van der Waals surface area contributed by atoms with E-state index in [4.69, 9.17) is 5.26 Å². The number of nitriles is 1. The Labute approximate surface area is 280 Å². The fourth-order valence-electron chi connectivity index (χ4n) is 4.26. The number of anilines is 2. The molecule has 0 fully saturated rings. The highest BCUT2D eigenvalue weighted by Gasteiger charge is 2.17. The van der Waals surface area contributed by atoms with Gasteiger partial charge in [-0.05, 0) is 66.9 Å². The van der Waals surface area contributed by atoms with Gasteiger partial charge in [0.25, 0.3) is 0 Å². The third-order valence-corrected chi connectivity index (χ3v) is 7.83. The molecule has 0 amide bonds. The monoisotopic (exact) mass is 626 g/mol. The SMILES string of the molecule is C=C/C(C)=C\CC#N.C=C1/C=C\C=C/N(c2ccc(Cc3ccccc3)cc2)c2sc3ccccc3c2/C=C\C1=C.CC.CNN. The van der Waals surface area contributed by atoms with Crippen LogP contribution in [0.4, 0.5) is 10.7 Å². The first kappa shape index (κ1) is 37.2. The summed E-state index contributed by atoms with van der Waals surface area (Å²) in [6.45, 7) is 17.8. The molecule has 5 rings (SSSR count). The molecule has 0 unspecified atom stereocenters. The number of hydrogen-bond acceptors (Lipinski definition) is 5. The highest BCUT2D eigenvalue weighted by molar-refractivity contribution is 7.23. The Hall–Kier alpha value is -4.99. The molecule has 0 spiro atoms. The summed E-state index contributed by atoms with van der Waals surface area (Å²) >= 11 is 1.80. The van der Waals surface area contributed by atoms with Crippen LogP contribution in [0, 0.1) is 11.3 Å². The Morgan fingerprint density at radius 3 is 2.15 bits per heavy atom. The highest BCUT2D eigenvalue weighted by atomic mass is 32.1. The van der Waals surface area contributed by atoms with E-state index < -0.39 is 0 Å². The number of nitrogens with two attached hydrogens (primary N) is 1. The summed E-state index contributed by atoms with van der Waals surface area (Å²) in [6.07, 6.45) is 17.5. The van der Waals surface area contributed by atoms with Gasteiger partial charge in [-0.1, -0.05) is 136 Å². The first-order chi connectivity index (χ1) is 22.4. The van der Waals surface area contributed by atoms with Crippen LogP contribution in [0.5, 0.6) is 0 Å². The van der Waals surface area contributed by atoms with Crippen LogP contribution in [0.2, 0.25) is 0 Å². The van der Waals surface area contributed by atoms with Crippen LogP contribution >= 0.6 is 11.3 Å². The van der Waals surface area contributed by atoms with Crippen molar-refractivity contribution in [2.24, 2.45) is 5.84 Å². The van der Waals surface area contributed by atoms with Crippen molar-refractivity contribution in [3.63, 3.8) is 0 Å². The van der Waals surface area contributed by atoms with E-state index in [1.807, 2.05) is 45.1 Å². The third kappa shape index (κ3) is 11.5. The van der Waals surface area contributed by atoms with Gasteiger partial charge in [0.2, 0.25) is 0 Å². The van der Waals surface area contributed by atoms with Crippen molar-refractivity contribution in [1.29, 1.82) is 5.26 Å². The van der Waals surface area contributed by atoms with Gasteiger partial charge < -0.3 is 4.90 Å². The Bertz CT molecular complexity index is 1710. The maximum atomic E-state index is 8.08. The second kappa shape index (κ2) is 20.9. The minimum atomic E-state index is 0.484. The number of allylic oxidation sites excluding steroid dienone is 9. The molecule has 4 nitrogen and oxygen atoms in total. The number of nitrogens with zero attached hydrogens (tertiary/aromatic N) is 2. The van der Waals surface area contributed by atoms with Crippen molar-refractivity contribution in [2.75, 3.05) is 11.9 Å². The average Bonchev–Trinajstić information content (AvgIpc) is 3.45. The van der Waals surface area contributed by atoms with E-state index in [-0.39, 0.29) is 0 Å². The zero-order chi connectivity index (χ0) is 33.7. The summed E-state index contributed by atoms with van der Waals surface area (Å²) in [7, 11) is 1.65. The number of rotatable bonds is 5. The lowest BCUT2D eigenvalue weighted by molar-refractivity contribution is 0.900. The molecule has 1 aliphatic rings. The van der Waals surface area contributed by atoms with Crippen LogP contribution < -0.4 is 16.2 Å². The molecule has 0 saturated carbocycles. The molecule has 5 heteroatoms. The van der Waals surface area contributed by atoms with Gasteiger partial charge in [0.15, 0.2) is 0 Å². The quantitative estimate of drug-likeness (QED) is 0.131. The van der Waals surface area contributed by atoms with Gasteiger partial charge in [-0.3, -0.25) is 11.3 Å². The van der Waals surface area contributed by atoms with E-state index in [0.717, 1.165) is 28.8 Å². The van der Waals surface area contributed by atoms with Crippen LogP contribution in [0.1, 0.15) is 43.9 Å². The normalized spacial score (nSPS) is 14.3. The Balaban J connectivity index is 0.000000486. The number of hydrogen-bond donors (Lipinski definition) is 2. The zero-order valence-corrected chi connectivity index (χ0v) is 28.4. The van der Waals surface area contributed by atoms with Crippen LogP contribution in [-0.2, 0) is 6.42 Å². The zero-order valence-electron chi connectivity index (χ0n) is 27.5. The lowest BCUT2D eigenvalue weighted by Crippen LogP contribution is -2.13. The van der Waals surface area contributed by atoms with Crippen molar-refractivity contribution in [3.05, 3.63) is 175 Å². The van der Waals surface area contributed by atoms with Crippen molar-refractivity contribution < 1.29 is 0 Å². The fourth-order valence-corrected chi connectivity index (χ4v) is 5.46. The van der Waals surface area contributed by atoms with Crippen LogP contribution in [-0.4, -0.2) is 7.05 Å². The minimum absolute atomic E-state index is 0.484. The standard InChI is InChI=1S/C31H25NS.C7H9N.C2H6.CH6N2/c1-23-10-8-9-21-32(27-18-16-26(17-19-27)22-25-11-4-3-5-12-25)31-29(20-15-24(23)2)28-13-6-7-14-30(28)33-31;1-3-7(2)5-4-6-8;1-2;1-3-2/h3-21H,1-2,22H2;3,5H,1,4H2,2H3;1-2H3;3H,2H2,1H3/b10-8-,20-15-,21-9-;7-5-;;. The summed E-state index contributed by atoms with van der Waals surface area (Å²) in [5.74, 6) is 4.60. The van der Waals surface area contributed by atoms with Crippen molar-refractivity contribution >= 4 is 38.2 Å². The van der Waals surface area contributed by atoms with Crippen LogP contribution in [0.15, 0.2) is 158 Å². The van der Waals surface area contributed by atoms with Crippen molar-refractivity contribution in [1.82, 2.24) is 5.43 Å². The summed E-state index contributed by atoms with van der Waals surface area (Å²) < 4.78 is 1.27. The highest BCUT2D eigenvalue weighted by Crippen LogP contribution is 2.42. The number of benzene rings is 3.